The molecule has 1 saturated heterocycles. The first-order valence-electron chi connectivity index (χ1n) is 14.8. The third-order valence-corrected chi connectivity index (χ3v) is 8.61. The summed E-state index contributed by atoms with van der Waals surface area (Å²) in [6.45, 7) is 14.1. The average molecular weight is 565 g/mol. The summed E-state index contributed by atoms with van der Waals surface area (Å²) >= 11 is 0. The minimum absolute atomic E-state index is 0.352. The molecule has 0 spiro atoms. The Morgan fingerprint density at radius 3 is 2.81 bits per heavy atom. The van der Waals surface area contributed by atoms with Crippen molar-refractivity contribution in [3.8, 4) is 17.2 Å². The maximum Gasteiger partial charge on any atom is 0.155 e. The zero-order chi connectivity index (χ0) is 29.4. The molecule has 0 saturated carbocycles. The number of hydrogen-bond acceptors (Lipinski definition) is 8. The summed E-state index contributed by atoms with van der Waals surface area (Å²) < 4.78 is 12.8. The van der Waals surface area contributed by atoms with Gasteiger partial charge in [-0.2, -0.15) is 0 Å². The van der Waals surface area contributed by atoms with Gasteiger partial charge in [-0.25, -0.2) is 9.97 Å². The minimum atomic E-state index is 0.352. The van der Waals surface area contributed by atoms with Gasteiger partial charge in [0.05, 0.1) is 22.6 Å². The normalized spacial score (nSPS) is 17.2. The van der Waals surface area contributed by atoms with Crippen LogP contribution in [0.1, 0.15) is 37.3 Å². The average Bonchev–Trinajstić information content (AvgIpc) is 3.01. The van der Waals surface area contributed by atoms with Crippen molar-refractivity contribution in [1.82, 2.24) is 14.9 Å². The smallest absolute Gasteiger partial charge is 0.155 e. The van der Waals surface area contributed by atoms with Gasteiger partial charge in [0.1, 0.15) is 30.3 Å². The number of fused-ring (bicyclic) bond motifs is 5. The van der Waals surface area contributed by atoms with Crippen LogP contribution in [-0.4, -0.2) is 61.2 Å². The highest BCUT2D eigenvalue weighted by Crippen LogP contribution is 2.43. The lowest BCUT2D eigenvalue weighted by Gasteiger charge is -2.44. The Morgan fingerprint density at radius 1 is 1.17 bits per heavy atom. The van der Waals surface area contributed by atoms with Crippen LogP contribution in [0.2, 0.25) is 0 Å². The molecule has 8 heteroatoms. The highest BCUT2D eigenvalue weighted by Gasteiger charge is 2.33. The second kappa shape index (κ2) is 11.5. The van der Waals surface area contributed by atoms with E-state index in [1.54, 1.807) is 6.33 Å². The van der Waals surface area contributed by atoms with E-state index in [1.165, 1.54) is 5.56 Å². The number of ether oxygens (including phenoxy) is 2. The number of nitrogens with one attached hydrogen (secondary N) is 1. The summed E-state index contributed by atoms with van der Waals surface area (Å²) in [6.07, 6.45) is 4.48. The van der Waals surface area contributed by atoms with E-state index >= 15 is 0 Å². The molecular weight excluding hydrogens is 524 g/mol. The lowest BCUT2D eigenvalue weighted by atomic mass is 9.96. The minimum Gasteiger partial charge on any atom is -0.488 e. The van der Waals surface area contributed by atoms with E-state index in [-0.39, 0.29) is 0 Å². The Balaban J connectivity index is 1.27. The fourth-order valence-electron chi connectivity index (χ4n) is 5.96. The molecule has 42 heavy (non-hydrogen) atoms. The van der Waals surface area contributed by atoms with Crippen molar-refractivity contribution >= 4 is 33.8 Å². The number of aromatic nitrogens is 2. The molecule has 4 aromatic rings. The molecule has 2 atom stereocenters. The highest BCUT2D eigenvalue weighted by molar-refractivity contribution is 6.00. The standard InChI is InChI=1S/C34H40N6O2/c1-7-22(3)27-18-26(10-12-29(27)39(6)8-2)42-31-14-9-24(17-23(31)4)37-34-32-28(35-21-36-34)11-13-30-33(32)41-20-25-19-38(5)15-16-40(25)30/h8-14,17-18,21-22,25H,2,7,15-16,19-20H2,1,3-6H3,(H,35,36,37). The summed E-state index contributed by atoms with van der Waals surface area (Å²) in [4.78, 5) is 16.1. The number of anilines is 4. The lowest BCUT2D eigenvalue weighted by Crippen LogP contribution is -2.56. The van der Waals surface area contributed by atoms with Gasteiger partial charge in [-0.15, -0.1) is 0 Å². The van der Waals surface area contributed by atoms with Gasteiger partial charge >= 0.3 is 0 Å². The predicted molar refractivity (Wildman–Crippen MR) is 172 cm³/mol. The fourth-order valence-corrected chi connectivity index (χ4v) is 5.96. The first-order valence-corrected chi connectivity index (χ1v) is 14.8. The maximum atomic E-state index is 6.39. The lowest BCUT2D eigenvalue weighted by molar-refractivity contribution is 0.190. The van der Waals surface area contributed by atoms with E-state index in [4.69, 9.17) is 9.47 Å². The molecule has 6 rings (SSSR count). The van der Waals surface area contributed by atoms with E-state index in [0.717, 1.165) is 82.7 Å². The van der Waals surface area contributed by atoms with E-state index in [2.05, 4.69) is 94.7 Å². The highest BCUT2D eigenvalue weighted by atomic mass is 16.5. The summed E-state index contributed by atoms with van der Waals surface area (Å²) in [6, 6.07) is 17.0. The second-order valence-electron chi connectivity index (χ2n) is 11.5. The number of hydrogen-bond donors (Lipinski definition) is 1. The van der Waals surface area contributed by atoms with Crippen molar-refractivity contribution in [3.63, 3.8) is 0 Å². The molecule has 2 unspecified atom stereocenters. The Bertz CT molecular complexity index is 1620. The van der Waals surface area contributed by atoms with Gasteiger partial charge in [-0.3, -0.25) is 0 Å². The molecule has 0 amide bonds. The van der Waals surface area contributed by atoms with Gasteiger partial charge in [0.2, 0.25) is 0 Å². The van der Waals surface area contributed by atoms with Gasteiger partial charge < -0.3 is 29.5 Å². The van der Waals surface area contributed by atoms with Gasteiger partial charge in [-0.05, 0) is 92.2 Å². The molecule has 8 nitrogen and oxygen atoms in total. The van der Waals surface area contributed by atoms with Crippen molar-refractivity contribution in [2.24, 2.45) is 0 Å². The quantitative estimate of drug-likeness (QED) is 0.244. The summed E-state index contributed by atoms with van der Waals surface area (Å²) in [5, 5.41) is 4.45. The third kappa shape index (κ3) is 5.23. The van der Waals surface area contributed by atoms with Crippen LogP contribution in [-0.2, 0) is 0 Å². The van der Waals surface area contributed by atoms with Crippen LogP contribution < -0.4 is 24.6 Å². The fraction of sp³-hybridized carbons (Fsp3) is 0.353. The van der Waals surface area contributed by atoms with E-state index in [0.29, 0.717) is 18.6 Å². The van der Waals surface area contributed by atoms with Crippen molar-refractivity contribution in [3.05, 3.63) is 78.8 Å². The molecule has 218 valence electrons. The number of rotatable bonds is 8. The van der Waals surface area contributed by atoms with Crippen molar-refractivity contribution in [1.29, 1.82) is 0 Å². The summed E-state index contributed by atoms with van der Waals surface area (Å²) in [5.41, 5.74) is 6.32. The Hall–Kier alpha value is -4.30. The van der Waals surface area contributed by atoms with Gasteiger partial charge in [-0.1, -0.05) is 20.4 Å². The predicted octanol–water partition coefficient (Wildman–Crippen LogP) is 7.08. The molecule has 1 N–H and O–H groups in total. The van der Waals surface area contributed by atoms with Crippen molar-refractivity contribution < 1.29 is 9.47 Å². The number of piperazine rings is 1. The molecule has 1 aromatic heterocycles. The van der Waals surface area contributed by atoms with Crippen LogP contribution in [0.4, 0.5) is 22.9 Å². The molecule has 0 radical (unpaired) electrons. The van der Waals surface area contributed by atoms with Gasteiger partial charge in [0.15, 0.2) is 5.75 Å². The SMILES string of the molecule is C=CN(C)c1ccc(Oc2ccc(Nc3ncnc4ccc5c(c34)OCC3CN(C)CCN53)cc2C)cc1C(C)CC. The van der Waals surface area contributed by atoms with Crippen molar-refractivity contribution in [2.75, 3.05) is 55.5 Å². The van der Waals surface area contributed by atoms with Gasteiger partial charge in [0.25, 0.3) is 0 Å². The third-order valence-electron chi connectivity index (χ3n) is 8.61. The van der Waals surface area contributed by atoms with E-state index in [1.807, 2.05) is 31.4 Å². The number of benzene rings is 3. The Kier molecular flexibility index (Phi) is 7.64. The largest absolute Gasteiger partial charge is 0.488 e. The maximum absolute atomic E-state index is 6.39. The number of aryl methyl sites for hydroxylation is 1. The first-order chi connectivity index (χ1) is 20.4. The monoisotopic (exact) mass is 564 g/mol. The Labute approximate surface area is 248 Å². The molecule has 0 aliphatic carbocycles. The van der Waals surface area contributed by atoms with E-state index in [9.17, 15) is 0 Å². The molecule has 0 bridgehead atoms. The molecular formula is C34H40N6O2. The number of likely N-dealkylation sites (N-methyl/N-ethyl adjacent to an activating group) is 1. The Morgan fingerprint density at radius 2 is 2.02 bits per heavy atom. The van der Waals surface area contributed by atoms with Crippen LogP contribution >= 0.6 is 0 Å². The molecule has 2 aliphatic rings. The van der Waals surface area contributed by atoms with Crippen LogP contribution in [0.15, 0.2) is 67.6 Å². The zero-order valence-corrected chi connectivity index (χ0v) is 25.2. The van der Waals surface area contributed by atoms with Crippen LogP contribution in [0.3, 0.4) is 0 Å². The van der Waals surface area contributed by atoms with Crippen molar-refractivity contribution in [2.45, 2.75) is 39.2 Å². The molecule has 3 aromatic carbocycles. The molecule has 2 aliphatic heterocycles. The van der Waals surface area contributed by atoms with Crippen LogP contribution in [0, 0.1) is 6.92 Å². The molecule has 3 heterocycles. The zero-order valence-electron chi connectivity index (χ0n) is 25.2. The summed E-state index contributed by atoms with van der Waals surface area (Å²) in [5.74, 6) is 3.63. The summed E-state index contributed by atoms with van der Waals surface area (Å²) in [7, 11) is 4.20. The second-order valence-corrected chi connectivity index (χ2v) is 11.5. The number of nitrogens with zero attached hydrogens (tertiary/aromatic N) is 5. The van der Waals surface area contributed by atoms with Gasteiger partial charge in [0, 0.05) is 38.1 Å². The van der Waals surface area contributed by atoms with E-state index < -0.39 is 0 Å². The molecule has 1 fully saturated rings. The topological polar surface area (TPSA) is 66.0 Å². The van der Waals surface area contributed by atoms with Crippen LogP contribution in [0.5, 0.6) is 17.2 Å². The van der Waals surface area contributed by atoms with Crippen LogP contribution in [0.25, 0.3) is 10.9 Å². The first kappa shape index (κ1) is 27.8.